The van der Waals surface area contributed by atoms with Gasteiger partial charge in [-0.15, -0.1) is 0 Å². The molecule has 0 spiro atoms. The number of hydrogen-bond acceptors (Lipinski definition) is 1. The monoisotopic (exact) mass is 263 g/mol. The van der Waals surface area contributed by atoms with Gasteiger partial charge < -0.3 is 5.32 Å². The molecule has 1 N–H and O–H groups in total. The van der Waals surface area contributed by atoms with Gasteiger partial charge in [0.15, 0.2) is 0 Å². The summed E-state index contributed by atoms with van der Waals surface area (Å²) in [7, 11) is 0. The van der Waals surface area contributed by atoms with Crippen molar-refractivity contribution in [3.8, 4) is 0 Å². The highest BCUT2D eigenvalue weighted by atomic mass is 35.5. The van der Waals surface area contributed by atoms with Gasteiger partial charge in [-0.3, -0.25) is 0 Å². The van der Waals surface area contributed by atoms with Crippen molar-refractivity contribution in [3.63, 3.8) is 0 Å². The molecule has 0 heterocycles. The second-order valence-corrected chi connectivity index (χ2v) is 4.50. The minimum Gasteiger partial charge on any atom is -0.306 e. The zero-order valence-electron chi connectivity index (χ0n) is 10.2. The first-order valence-corrected chi connectivity index (χ1v) is 6.33. The second kappa shape index (κ2) is 5.98. The molecule has 0 fully saturated rings. The minimum atomic E-state index is -0.280. The molecule has 0 aliphatic carbocycles. The molecule has 94 valence electrons. The summed E-state index contributed by atoms with van der Waals surface area (Å²) in [5.41, 5.74) is 1.66. The predicted molar refractivity (Wildman–Crippen MR) is 73.4 cm³/mol. The molecule has 0 saturated carbocycles. The van der Waals surface area contributed by atoms with Crippen molar-refractivity contribution in [2.24, 2.45) is 0 Å². The van der Waals surface area contributed by atoms with Crippen LogP contribution in [0, 0.1) is 5.82 Å². The lowest BCUT2D eigenvalue weighted by atomic mass is 9.98. The fourth-order valence-corrected chi connectivity index (χ4v) is 2.15. The van der Waals surface area contributed by atoms with E-state index in [-0.39, 0.29) is 11.9 Å². The first-order valence-electron chi connectivity index (χ1n) is 5.95. The van der Waals surface area contributed by atoms with E-state index in [4.69, 9.17) is 11.6 Å². The van der Waals surface area contributed by atoms with Crippen molar-refractivity contribution in [2.45, 2.75) is 13.0 Å². The van der Waals surface area contributed by atoms with E-state index in [1.54, 1.807) is 12.1 Å². The highest BCUT2D eigenvalue weighted by molar-refractivity contribution is 6.30. The molecular weight excluding hydrogens is 249 g/mol. The number of halogens is 2. The van der Waals surface area contributed by atoms with Crippen LogP contribution in [0.2, 0.25) is 5.02 Å². The number of hydrogen-bond donors (Lipinski definition) is 1. The second-order valence-electron chi connectivity index (χ2n) is 4.07. The van der Waals surface area contributed by atoms with Gasteiger partial charge in [0.1, 0.15) is 5.82 Å². The van der Waals surface area contributed by atoms with Crippen LogP contribution in [-0.4, -0.2) is 6.54 Å². The molecule has 1 unspecified atom stereocenters. The molecule has 1 atom stereocenters. The summed E-state index contributed by atoms with van der Waals surface area (Å²) in [5, 5.41) is 3.71. The zero-order valence-corrected chi connectivity index (χ0v) is 10.9. The predicted octanol–water partition coefficient (Wildman–Crippen LogP) is 4.18. The van der Waals surface area contributed by atoms with Crippen LogP contribution < -0.4 is 5.32 Å². The van der Waals surface area contributed by atoms with Crippen LogP contribution in [0.3, 0.4) is 0 Å². The smallest absolute Gasteiger partial charge is 0.129 e. The van der Waals surface area contributed by atoms with Gasteiger partial charge in [0.2, 0.25) is 0 Å². The average Bonchev–Trinajstić information content (AvgIpc) is 2.38. The molecule has 1 nitrogen and oxygen atoms in total. The van der Waals surface area contributed by atoms with Crippen LogP contribution in [0.5, 0.6) is 0 Å². The van der Waals surface area contributed by atoms with E-state index in [1.165, 1.54) is 6.07 Å². The molecule has 3 heteroatoms. The SMILES string of the molecule is CCNC(c1ccccc1)c1ccc(Cl)cc1F. The number of benzene rings is 2. The maximum atomic E-state index is 14.0. The molecule has 0 bridgehead atoms. The number of rotatable bonds is 4. The summed E-state index contributed by atoms with van der Waals surface area (Å²) >= 11 is 5.78. The summed E-state index contributed by atoms with van der Waals surface area (Å²) in [6, 6.07) is 14.5. The lowest BCUT2D eigenvalue weighted by Gasteiger charge is -2.19. The highest BCUT2D eigenvalue weighted by Crippen LogP contribution is 2.26. The van der Waals surface area contributed by atoms with Crippen LogP contribution in [-0.2, 0) is 0 Å². The summed E-state index contributed by atoms with van der Waals surface area (Å²) in [5.74, 6) is -0.280. The van der Waals surface area contributed by atoms with E-state index in [0.717, 1.165) is 12.1 Å². The summed E-state index contributed by atoms with van der Waals surface area (Å²) in [4.78, 5) is 0. The van der Waals surface area contributed by atoms with Gasteiger partial charge >= 0.3 is 0 Å². The lowest BCUT2D eigenvalue weighted by molar-refractivity contribution is 0.559. The molecular formula is C15H15ClFN. The first kappa shape index (κ1) is 13.1. The van der Waals surface area contributed by atoms with Crippen molar-refractivity contribution >= 4 is 11.6 Å². The molecule has 2 rings (SSSR count). The van der Waals surface area contributed by atoms with E-state index in [9.17, 15) is 4.39 Å². The minimum absolute atomic E-state index is 0.145. The van der Waals surface area contributed by atoms with Gasteiger partial charge in [0.05, 0.1) is 6.04 Å². The van der Waals surface area contributed by atoms with Crippen LogP contribution in [0.4, 0.5) is 4.39 Å². The maximum absolute atomic E-state index is 14.0. The van der Waals surface area contributed by atoms with Gasteiger partial charge in [-0.05, 0) is 24.2 Å². The largest absolute Gasteiger partial charge is 0.306 e. The van der Waals surface area contributed by atoms with Gasteiger partial charge in [-0.2, -0.15) is 0 Å². The fraction of sp³-hybridized carbons (Fsp3) is 0.200. The van der Waals surface area contributed by atoms with Gasteiger partial charge in [0, 0.05) is 10.6 Å². The van der Waals surface area contributed by atoms with E-state index >= 15 is 0 Å². The maximum Gasteiger partial charge on any atom is 0.129 e. The van der Waals surface area contributed by atoms with Crippen molar-refractivity contribution in [1.82, 2.24) is 5.32 Å². The van der Waals surface area contributed by atoms with E-state index in [1.807, 2.05) is 37.3 Å². The molecule has 0 saturated heterocycles. The van der Waals surface area contributed by atoms with Crippen LogP contribution in [0.1, 0.15) is 24.1 Å². The Kier molecular flexibility index (Phi) is 4.34. The molecule has 2 aromatic carbocycles. The molecule has 0 radical (unpaired) electrons. The van der Waals surface area contributed by atoms with Crippen LogP contribution >= 0.6 is 11.6 Å². The summed E-state index contributed by atoms with van der Waals surface area (Å²) in [6.07, 6.45) is 0. The Morgan fingerprint density at radius 3 is 2.50 bits per heavy atom. The number of nitrogens with one attached hydrogen (secondary N) is 1. The van der Waals surface area contributed by atoms with Crippen molar-refractivity contribution in [1.29, 1.82) is 0 Å². The van der Waals surface area contributed by atoms with Crippen LogP contribution in [0.25, 0.3) is 0 Å². The van der Waals surface area contributed by atoms with E-state index in [2.05, 4.69) is 5.32 Å². The lowest BCUT2D eigenvalue weighted by Crippen LogP contribution is -2.22. The Hall–Kier alpha value is -1.38. The van der Waals surface area contributed by atoms with Crippen molar-refractivity contribution in [3.05, 3.63) is 70.5 Å². The van der Waals surface area contributed by atoms with Crippen molar-refractivity contribution < 1.29 is 4.39 Å². The third-order valence-electron chi connectivity index (χ3n) is 2.81. The van der Waals surface area contributed by atoms with Crippen LogP contribution in [0.15, 0.2) is 48.5 Å². The topological polar surface area (TPSA) is 12.0 Å². The Bertz CT molecular complexity index is 513. The third-order valence-corrected chi connectivity index (χ3v) is 3.05. The normalized spacial score (nSPS) is 12.4. The quantitative estimate of drug-likeness (QED) is 0.873. The van der Waals surface area contributed by atoms with Gasteiger partial charge in [-0.1, -0.05) is 54.9 Å². The molecule has 0 amide bonds. The fourth-order valence-electron chi connectivity index (χ4n) is 1.99. The first-order chi connectivity index (χ1) is 8.72. The molecule has 0 aliphatic heterocycles. The zero-order chi connectivity index (χ0) is 13.0. The van der Waals surface area contributed by atoms with Gasteiger partial charge in [0.25, 0.3) is 0 Å². The molecule has 18 heavy (non-hydrogen) atoms. The Morgan fingerprint density at radius 1 is 1.17 bits per heavy atom. The molecule has 0 aliphatic rings. The van der Waals surface area contributed by atoms with E-state index in [0.29, 0.717) is 10.6 Å². The standard InChI is InChI=1S/C15H15ClFN/c1-2-18-15(11-6-4-3-5-7-11)13-9-8-12(16)10-14(13)17/h3-10,15,18H,2H2,1H3. The Labute approximate surface area is 112 Å². The van der Waals surface area contributed by atoms with Gasteiger partial charge in [-0.25, -0.2) is 4.39 Å². The van der Waals surface area contributed by atoms with E-state index < -0.39 is 0 Å². The highest BCUT2D eigenvalue weighted by Gasteiger charge is 2.16. The summed E-state index contributed by atoms with van der Waals surface area (Å²) in [6.45, 7) is 2.77. The summed E-state index contributed by atoms with van der Waals surface area (Å²) < 4.78 is 14.0. The Balaban J connectivity index is 2.41. The average molecular weight is 264 g/mol. The molecule has 2 aromatic rings. The molecule has 0 aromatic heterocycles. The van der Waals surface area contributed by atoms with Crippen molar-refractivity contribution in [2.75, 3.05) is 6.54 Å². The Morgan fingerprint density at radius 2 is 1.89 bits per heavy atom. The third kappa shape index (κ3) is 2.89.